The van der Waals surface area contributed by atoms with Gasteiger partial charge in [-0.15, -0.1) is 23.2 Å². The zero-order valence-electron chi connectivity index (χ0n) is 12.4. The van der Waals surface area contributed by atoms with Crippen molar-refractivity contribution in [1.29, 1.82) is 0 Å². The van der Waals surface area contributed by atoms with E-state index < -0.39 is 9.75 Å². The van der Waals surface area contributed by atoms with Gasteiger partial charge in [-0.1, -0.05) is 12.8 Å². The number of alkyl halides is 2. The molecule has 0 N–H and O–H groups in total. The van der Waals surface area contributed by atoms with E-state index in [9.17, 15) is 9.59 Å². The number of nitrogens with zero attached hydrogens (tertiary/aromatic N) is 2. The topological polar surface area (TPSA) is 40.6 Å². The molecule has 3 fully saturated rings. The summed E-state index contributed by atoms with van der Waals surface area (Å²) in [5.74, 6) is 0.522. The summed E-state index contributed by atoms with van der Waals surface area (Å²) in [6.07, 6.45) is 4.90. The van der Waals surface area contributed by atoms with Gasteiger partial charge in [-0.25, -0.2) is 0 Å². The third kappa shape index (κ3) is 2.65. The largest absolute Gasteiger partial charge is 0.339 e. The maximum Gasteiger partial charge on any atom is 0.231 e. The number of amides is 2. The summed E-state index contributed by atoms with van der Waals surface area (Å²) in [4.78, 5) is 28.6. The summed E-state index contributed by atoms with van der Waals surface area (Å²) in [6, 6.07) is 0. The fraction of sp³-hybridized carbons (Fsp3) is 0.867. The van der Waals surface area contributed by atoms with Gasteiger partial charge in [-0.3, -0.25) is 9.59 Å². The lowest BCUT2D eigenvalue weighted by Gasteiger charge is -2.37. The number of carbonyl (C=O) groups is 2. The number of hydrogen-bond donors (Lipinski definition) is 0. The maximum absolute atomic E-state index is 12.5. The molecular formula is C15H22Cl2N2O2. The average Bonchev–Trinajstić information content (AvgIpc) is 2.88. The number of carbonyl (C=O) groups excluding carboxylic acids is 2. The van der Waals surface area contributed by atoms with E-state index in [-0.39, 0.29) is 17.7 Å². The maximum atomic E-state index is 12.5. The van der Waals surface area contributed by atoms with Gasteiger partial charge in [0, 0.05) is 32.1 Å². The molecule has 0 aromatic rings. The van der Waals surface area contributed by atoms with Crippen molar-refractivity contribution in [2.45, 2.75) is 43.4 Å². The van der Waals surface area contributed by atoms with Crippen molar-refractivity contribution in [2.24, 2.45) is 11.3 Å². The Hall–Kier alpha value is -0.480. The molecule has 0 radical (unpaired) electrons. The average molecular weight is 333 g/mol. The smallest absolute Gasteiger partial charge is 0.231 e. The van der Waals surface area contributed by atoms with Crippen LogP contribution in [-0.4, -0.2) is 52.1 Å². The normalized spacial score (nSPS) is 32.3. The highest BCUT2D eigenvalue weighted by molar-refractivity contribution is 6.53. The Bertz CT molecular complexity index is 455. The summed E-state index contributed by atoms with van der Waals surface area (Å²) in [5, 5.41) is 0. The van der Waals surface area contributed by atoms with E-state index in [1.54, 1.807) is 0 Å². The summed E-state index contributed by atoms with van der Waals surface area (Å²) < 4.78 is -0.916. The molecule has 2 amide bonds. The first-order valence-corrected chi connectivity index (χ1v) is 8.57. The molecule has 1 saturated heterocycles. The van der Waals surface area contributed by atoms with Crippen molar-refractivity contribution in [3.8, 4) is 0 Å². The minimum Gasteiger partial charge on any atom is -0.339 e. The lowest BCUT2D eigenvalue weighted by atomic mass is 10.1. The predicted octanol–water partition coefficient (Wildman–Crippen LogP) is 2.43. The fourth-order valence-electron chi connectivity index (χ4n) is 3.54. The molecule has 1 heterocycles. The van der Waals surface area contributed by atoms with E-state index in [0.29, 0.717) is 32.6 Å². The van der Waals surface area contributed by atoms with Crippen molar-refractivity contribution in [1.82, 2.24) is 9.80 Å². The summed E-state index contributed by atoms with van der Waals surface area (Å²) in [6.45, 7) is 4.28. The van der Waals surface area contributed by atoms with Gasteiger partial charge in [-0.05, 0) is 26.2 Å². The van der Waals surface area contributed by atoms with Crippen LogP contribution in [0.1, 0.15) is 39.0 Å². The molecule has 1 unspecified atom stereocenters. The van der Waals surface area contributed by atoms with Gasteiger partial charge in [0.05, 0.1) is 5.41 Å². The van der Waals surface area contributed by atoms with Gasteiger partial charge in [0.15, 0.2) is 0 Å². The quantitative estimate of drug-likeness (QED) is 0.728. The molecule has 1 aliphatic heterocycles. The molecule has 21 heavy (non-hydrogen) atoms. The SMILES string of the molecule is CC1(C(=O)N2CCN(C(=O)C3CCCC3)CC2)CC1(Cl)Cl. The van der Waals surface area contributed by atoms with Crippen molar-refractivity contribution in [3.63, 3.8) is 0 Å². The van der Waals surface area contributed by atoms with E-state index in [0.717, 1.165) is 12.8 Å². The van der Waals surface area contributed by atoms with E-state index in [1.165, 1.54) is 12.8 Å². The molecule has 0 bridgehead atoms. The van der Waals surface area contributed by atoms with Gasteiger partial charge in [0.25, 0.3) is 0 Å². The number of piperazine rings is 1. The first-order chi connectivity index (χ1) is 9.85. The Kier molecular flexibility index (Phi) is 3.90. The minimum atomic E-state index is -0.916. The summed E-state index contributed by atoms with van der Waals surface area (Å²) in [5.41, 5.74) is -0.645. The Balaban J connectivity index is 1.53. The second-order valence-electron chi connectivity index (χ2n) is 6.81. The lowest BCUT2D eigenvalue weighted by Crippen LogP contribution is -2.53. The molecule has 0 aromatic carbocycles. The highest BCUT2D eigenvalue weighted by Crippen LogP contribution is 2.64. The number of rotatable bonds is 2. The van der Waals surface area contributed by atoms with Crippen LogP contribution in [0.3, 0.4) is 0 Å². The first-order valence-electron chi connectivity index (χ1n) is 7.81. The third-order valence-corrected chi connectivity index (χ3v) is 6.41. The molecule has 6 heteroatoms. The molecule has 0 aromatic heterocycles. The molecule has 118 valence electrons. The van der Waals surface area contributed by atoms with Crippen LogP contribution < -0.4 is 0 Å². The van der Waals surface area contributed by atoms with Crippen molar-refractivity contribution >= 4 is 35.0 Å². The van der Waals surface area contributed by atoms with Crippen LogP contribution in [0.15, 0.2) is 0 Å². The van der Waals surface area contributed by atoms with Crippen molar-refractivity contribution in [2.75, 3.05) is 26.2 Å². The van der Waals surface area contributed by atoms with Gasteiger partial charge < -0.3 is 9.80 Å². The second kappa shape index (κ2) is 5.31. The Morgan fingerprint density at radius 2 is 1.48 bits per heavy atom. The molecular weight excluding hydrogens is 311 g/mol. The standard InChI is InChI=1S/C15H22Cl2N2O2/c1-14(10-15(14,16)17)13(21)19-8-6-18(7-9-19)12(20)11-4-2-3-5-11/h11H,2-10H2,1H3. The molecule has 3 aliphatic rings. The molecule has 0 spiro atoms. The lowest BCUT2D eigenvalue weighted by molar-refractivity contribution is -0.144. The van der Waals surface area contributed by atoms with Crippen molar-refractivity contribution in [3.05, 3.63) is 0 Å². The zero-order chi connectivity index (χ0) is 15.3. The molecule has 2 saturated carbocycles. The highest BCUT2D eigenvalue weighted by Gasteiger charge is 2.68. The molecule has 4 nitrogen and oxygen atoms in total. The van der Waals surface area contributed by atoms with E-state index in [2.05, 4.69) is 0 Å². The monoisotopic (exact) mass is 332 g/mol. The Morgan fingerprint density at radius 1 is 1.00 bits per heavy atom. The minimum absolute atomic E-state index is 0.0282. The summed E-state index contributed by atoms with van der Waals surface area (Å²) >= 11 is 12.2. The van der Waals surface area contributed by atoms with E-state index in [1.807, 2.05) is 16.7 Å². The molecule has 1 atom stereocenters. The van der Waals surface area contributed by atoms with Gasteiger partial charge in [-0.2, -0.15) is 0 Å². The number of hydrogen-bond acceptors (Lipinski definition) is 2. The number of halogens is 2. The van der Waals surface area contributed by atoms with Crippen LogP contribution in [0.4, 0.5) is 0 Å². The Morgan fingerprint density at radius 3 is 1.95 bits per heavy atom. The first kappa shape index (κ1) is 15.4. The van der Waals surface area contributed by atoms with Crippen LogP contribution in [-0.2, 0) is 9.59 Å². The summed E-state index contributed by atoms with van der Waals surface area (Å²) in [7, 11) is 0. The van der Waals surface area contributed by atoms with Gasteiger partial charge in [0.1, 0.15) is 4.33 Å². The van der Waals surface area contributed by atoms with Gasteiger partial charge >= 0.3 is 0 Å². The van der Waals surface area contributed by atoms with E-state index >= 15 is 0 Å². The Labute approximate surface area is 135 Å². The zero-order valence-corrected chi connectivity index (χ0v) is 13.9. The van der Waals surface area contributed by atoms with Crippen molar-refractivity contribution < 1.29 is 9.59 Å². The van der Waals surface area contributed by atoms with Crippen LogP contribution in [0.2, 0.25) is 0 Å². The van der Waals surface area contributed by atoms with Gasteiger partial charge in [0.2, 0.25) is 11.8 Å². The third-order valence-electron chi connectivity index (χ3n) is 5.31. The van der Waals surface area contributed by atoms with Crippen LogP contribution in [0.25, 0.3) is 0 Å². The molecule has 3 rings (SSSR count). The van der Waals surface area contributed by atoms with Crippen LogP contribution in [0, 0.1) is 11.3 Å². The fourth-order valence-corrected chi connectivity index (χ4v) is 4.24. The van der Waals surface area contributed by atoms with E-state index in [4.69, 9.17) is 23.2 Å². The predicted molar refractivity (Wildman–Crippen MR) is 82.3 cm³/mol. The van der Waals surface area contributed by atoms with Crippen LogP contribution >= 0.6 is 23.2 Å². The van der Waals surface area contributed by atoms with Crippen LogP contribution in [0.5, 0.6) is 0 Å². The molecule has 2 aliphatic carbocycles. The second-order valence-corrected chi connectivity index (χ2v) is 8.30. The highest BCUT2D eigenvalue weighted by atomic mass is 35.5.